The number of aromatic nitrogens is 2. The second kappa shape index (κ2) is 9.50. The number of hydrogen-bond acceptors (Lipinski definition) is 2. The van der Waals surface area contributed by atoms with Gasteiger partial charge in [-0.2, -0.15) is 0 Å². The van der Waals surface area contributed by atoms with E-state index in [9.17, 15) is 0 Å². The molecule has 0 fully saturated rings. The van der Waals surface area contributed by atoms with Crippen molar-refractivity contribution in [2.24, 2.45) is 0 Å². The van der Waals surface area contributed by atoms with Gasteiger partial charge < -0.3 is 15.2 Å². The molecule has 0 spiro atoms. The number of H-pyrrole nitrogens is 1. The lowest BCUT2D eigenvalue weighted by Crippen LogP contribution is -2.36. The van der Waals surface area contributed by atoms with Crippen LogP contribution in [0.1, 0.15) is 22.5 Å². The third-order valence-corrected chi connectivity index (χ3v) is 5.94. The van der Waals surface area contributed by atoms with Crippen molar-refractivity contribution in [2.45, 2.75) is 26.8 Å². The second-order valence-corrected chi connectivity index (χ2v) is 8.53. The van der Waals surface area contributed by atoms with E-state index < -0.39 is 0 Å². The van der Waals surface area contributed by atoms with Crippen LogP contribution in [-0.2, 0) is 13.0 Å². The molecule has 0 aliphatic carbocycles. The zero-order valence-electron chi connectivity index (χ0n) is 17.7. The summed E-state index contributed by atoms with van der Waals surface area (Å²) in [7, 11) is 0. The molecular weight excluding hydrogens is 424 g/mol. The zero-order chi connectivity index (χ0) is 21.8. The molecule has 6 heteroatoms. The minimum Gasteiger partial charge on any atom is -0.358 e. The van der Waals surface area contributed by atoms with Crippen molar-refractivity contribution >= 4 is 45.5 Å². The number of nitrogens with zero attached hydrogens (tertiary/aromatic N) is 2. The van der Waals surface area contributed by atoms with E-state index in [0.717, 1.165) is 40.6 Å². The summed E-state index contributed by atoms with van der Waals surface area (Å²) in [4.78, 5) is 10.1. The van der Waals surface area contributed by atoms with E-state index >= 15 is 0 Å². The van der Waals surface area contributed by atoms with Crippen LogP contribution in [0.3, 0.4) is 0 Å². The molecule has 0 saturated heterocycles. The van der Waals surface area contributed by atoms with Gasteiger partial charge >= 0.3 is 0 Å². The number of nitrogens with one attached hydrogen (secondary N) is 2. The number of halogens is 1. The fourth-order valence-electron chi connectivity index (χ4n) is 3.79. The molecule has 0 amide bonds. The Morgan fingerprint density at radius 2 is 1.97 bits per heavy atom. The van der Waals surface area contributed by atoms with Gasteiger partial charge in [0.15, 0.2) is 5.11 Å². The summed E-state index contributed by atoms with van der Waals surface area (Å²) in [6.45, 7) is 5.58. The number of anilines is 1. The van der Waals surface area contributed by atoms with E-state index in [2.05, 4.69) is 46.2 Å². The van der Waals surface area contributed by atoms with Gasteiger partial charge in [0, 0.05) is 40.0 Å². The van der Waals surface area contributed by atoms with E-state index in [-0.39, 0.29) is 0 Å². The summed E-state index contributed by atoms with van der Waals surface area (Å²) in [5.74, 6) is 0. The highest BCUT2D eigenvalue weighted by atomic mass is 35.5. The highest BCUT2D eigenvalue weighted by molar-refractivity contribution is 7.80. The number of fused-ring (bicyclic) bond motifs is 1. The van der Waals surface area contributed by atoms with Crippen molar-refractivity contribution in [1.29, 1.82) is 0 Å². The van der Waals surface area contributed by atoms with Crippen molar-refractivity contribution in [2.75, 3.05) is 11.9 Å². The average molecular weight is 449 g/mol. The summed E-state index contributed by atoms with van der Waals surface area (Å²) in [5.41, 5.74) is 6.69. The first-order valence-corrected chi connectivity index (χ1v) is 11.1. The molecule has 4 aromatic rings. The lowest BCUT2D eigenvalue weighted by molar-refractivity contribution is 0.417. The first-order chi connectivity index (χ1) is 15.0. The molecule has 2 heterocycles. The molecule has 0 aliphatic rings. The van der Waals surface area contributed by atoms with E-state index in [1.54, 1.807) is 0 Å². The van der Waals surface area contributed by atoms with Gasteiger partial charge in [-0.3, -0.25) is 4.98 Å². The second-order valence-electron chi connectivity index (χ2n) is 7.71. The quantitative estimate of drug-likeness (QED) is 0.341. The maximum Gasteiger partial charge on any atom is 0.173 e. The summed E-state index contributed by atoms with van der Waals surface area (Å²) < 4.78 is 0. The van der Waals surface area contributed by atoms with Gasteiger partial charge in [0.2, 0.25) is 0 Å². The standard InChI is InChI=1S/C25H25ClN4S/c1-17-6-5-8-20(14-17)29-25(31)30(16-21-7-3-4-12-27-21)13-11-22-18(2)28-24-10-9-19(26)15-23(22)24/h3-10,12,14-15,28H,11,13,16H2,1-2H3,(H,29,31). The van der Waals surface area contributed by atoms with Crippen LogP contribution < -0.4 is 5.32 Å². The molecule has 4 nitrogen and oxygen atoms in total. The van der Waals surface area contributed by atoms with Crippen LogP contribution in [0.2, 0.25) is 5.02 Å². The van der Waals surface area contributed by atoms with Gasteiger partial charge in [0.25, 0.3) is 0 Å². The Hall–Kier alpha value is -2.89. The van der Waals surface area contributed by atoms with Gasteiger partial charge in [0.1, 0.15) is 0 Å². The molecule has 0 unspecified atom stereocenters. The first-order valence-electron chi connectivity index (χ1n) is 10.3. The Labute approximate surface area is 193 Å². The molecular formula is C25H25ClN4S. The molecule has 2 N–H and O–H groups in total. The van der Waals surface area contributed by atoms with Gasteiger partial charge in [-0.05, 0) is 86.1 Å². The largest absolute Gasteiger partial charge is 0.358 e. The molecule has 2 aromatic carbocycles. The fourth-order valence-corrected chi connectivity index (χ4v) is 4.23. The normalized spacial score (nSPS) is 10.9. The third-order valence-electron chi connectivity index (χ3n) is 5.35. The highest BCUT2D eigenvalue weighted by Gasteiger charge is 2.15. The van der Waals surface area contributed by atoms with Crippen LogP contribution in [0, 0.1) is 13.8 Å². The van der Waals surface area contributed by atoms with Crippen molar-refractivity contribution in [3.63, 3.8) is 0 Å². The zero-order valence-corrected chi connectivity index (χ0v) is 19.2. The molecule has 0 aliphatic heterocycles. The summed E-state index contributed by atoms with van der Waals surface area (Å²) in [6.07, 6.45) is 2.66. The first kappa shape index (κ1) is 21.3. The van der Waals surface area contributed by atoms with Crippen molar-refractivity contribution in [3.05, 3.63) is 94.4 Å². The summed E-state index contributed by atoms with van der Waals surface area (Å²) >= 11 is 12.1. The van der Waals surface area contributed by atoms with Crippen LogP contribution in [0.15, 0.2) is 66.9 Å². The van der Waals surface area contributed by atoms with E-state index in [1.807, 2.05) is 54.7 Å². The van der Waals surface area contributed by atoms with Crippen LogP contribution in [0.25, 0.3) is 10.9 Å². The predicted octanol–water partition coefficient (Wildman–Crippen LogP) is 6.27. The smallest absolute Gasteiger partial charge is 0.173 e. The van der Waals surface area contributed by atoms with E-state index in [4.69, 9.17) is 23.8 Å². The van der Waals surface area contributed by atoms with Crippen LogP contribution in [0.5, 0.6) is 0 Å². The van der Waals surface area contributed by atoms with Crippen LogP contribution in [-0.4, -0.2) is 26.5 Å². The number of thiocarbonyl (C=S) groups is 1. The molecule has 0 radical (unpaired) electrons. The maximum absolute atomic E-state index is 6.26. The molecule has 0 bridgehead atoms. The van der Waals surface area contributed by atoms with Gasteiger partial charge in [-0.15, -0.1) is 0 Å². The van der Waals surface area contributed by atoms with Crippen LogP contribution >= 0.6 is 23.8 Å². The number of aromatic amines is 1. The van der Waals surface area contributed by atoms with Gasteiger partial charge in [-0.25, -0.2) is 0 Å². The van der Waals surface area contributed by atoms with Gasteiger partial charge in [-0.1, -0.05) is 29.8 Å². The summed E-state index contributed by atoms with van der Waals surface area (Å²) in [5, 5.41) is 5.99. The Bertz CT molecular complexity index is 1200. The minimum atomic E-state index is 0.640. The van der Waals surface area contributed by atoms with E-state index in [1.165, 1.54) is 16.5 Å². The number of aryl methyl sites for hydroxylation is 2. The monoisotopic (exact) mass is 448 g/mol. The number of hydrogen-bond donors (Lipinski definition) is 2. The van der Waals surface area contributed by atoms with Gasteiger partial charge in [0.05, 0.1) is 12.2 Å². The lowest BCUT2D eigenvalue weighted by Gasteiger charge is -2.26. The Kier molecular flexibility index (Phi) is 6.54. The summed E-state index contributed by atoms with van der Waals surface area (Å²) in [6, 6.07) is 20.2. The SMILES string of the molecule is Cc1cccc(NC(=S)N(CCc2c(C)[nH]c3ccc(Cl)cc23)Cc2ccccn2)c1. The molecule has 31 heavy (non-hydrogen) atoms. The Balaban J connectivity index is 1.56. The fraction of sp³-hybridized carbons (Fsp3) is 0.200. The predicted molar refractivity (Wildman–Crippen MR) is 134 cm³/mol. The molecule has 4 rings (SSSR count). The maximum atomic E-state index is 6.26. The highest BCUT2D eigenvalue weighted by Crippen LogP contribution is 2.26. The third kappa shape index (κ3) is 5.24. The van der Waals surface area contributed by atoms with Crippen molar-refractivity contribution < 1.29 is 0 Å². The molecule has 0 atom stereocenters. The lowest BCUT2D eigenvalue weighted by atomic mass is 10.1. The van der Waals surface area contributed by atoms with Crippen LogP contribution in [0.4, 0.5) is 5.69 Å². The Morgan fingerprint density at radius 1 is 1.10 bits per heavy atom. The molecule has 2 aromatic heterocycles. The number of rotatable bonds is 6. The van der Waals surface area contributed by atoms with Crippen molar-refractivity contribution in [1.82, 2.24) is 14.9 Å². The molecule has 158 valence electrons. The Morgan fingerprint density at radius 3 is 2.74 bits per heavy atom. The van der Waals surface area contributed by atoms with Crippen molar-refractivity contribution in [3.8, 4) is 0 Å². The number of pyridine rings is 1. The van der Waals surface area contributed by atoms with E-state index in [0.29, 0.717) is 11.7 Å². The average Bonchev–Trinajstić information content (AvgIpc) is 3.06. The topological polar surface area (TPSA) is 44.0 Å². The minimum absolute atomic E-state index is 0.640. The number of benzene rings is 2. The molecule has 0 saturated carbocycles.